The summed E-state index contributed by atoms with van der Waals surface area (Å²) in [6, 6.07) is 0.129. The lowest BCUT2D eigenvalue weighted by atomic mass is 9.85. The first-order valence-corrected chi connectivity index (χ1v) is 8.19. The van der Waals surface area contributed by atoms with Crippen LogP contribution in [0.15, 0.2) is 4.52 Å². The predicted octanol–water partition coefficient (Wildman–Crippen LogP) is 1.59. The number of amides is 2. The smallest absolute Gasteiger partial charge is 0.273 e. The summed E-state index contributed by atoms with van der Waals surface area (Å²) in [7, 11) is 1.67. The van der Waals surface area contributed by atoms with Gasteiger partial charge in [0.1, 0.15) is 5.76 Å². The fourth-order valence-corrected chi connectivity index (χ4v) is 3.52. The standard InChI is InChI=1S/C16H23N3O3/c1-17-15(20)10-6-8-11(9-7-10)18-16(21)14-12-4-2-3-5-13(12)22-19-14/h10-11H,2-9H2,1H3,(H,17,20)(H,18,21). The first-order valence-electron chi connectivity index (χ1n) is 8.19. The molecule has 2 aliphatic carbocycles. The van der Waals surface area contributed by atoms with Crippen molar-refractivity contribution < 1.29 is 14.1 Å². The number of aryl methyl sites for hydroxylation is 1. The van der Waals surface area contributed by atoms with E-state index in [0.29, 0.717) is 5.69 Å². The maximum Gasteiger partial charge on any atom is 0.273 e. The Kier molecular flexibility index (Phi) is 4.45. The Bertz CT molecular complexity index is 559. The van der Waals surface area contributed by atoms with Gasteiger partial charge < -0.3 is 15.2 Å². The Hall–Kier alpha value is -1.85. The monoisotopic (exact) mass is 305 g/mol. The van der Waals surface area contributed by atoms with E-state index in [9.17, 15) is 9.59 Å². The predicted molar refractivity (Wildman–Crippen MR) is 80.4 cm³/mol. The zero-order chi connectivity index (χ0) is 15.5. The van der Waals surface area contributed by atoms with Gasteiger partial charge in [-0.3, -0.25) is 9.59 Å². The van der Waals surface area contributed by atoms with Gasteiger partial charge in [-0.15, -0.1) is 0 Å². The van der Waals surface area contributed by atoms with Crippen LogP contribution in [0.5, 0.6) is 0 Å². The largest absolute Gasteiger partial charge is 0.360 e. The van der Waals surface area contributed by atoms with Crippen LogP contribution in [0, 0.1) is 5.92 Å². The molecule has 1 fully saturated rings. The molecule has 120 valence electrons. The molecule has 0 saturated heterocycles. The third-order valence-corrected chi connectivity index (χ3v) is 4.84. The number of aromatic nitrogens is 1. The van der Waals surface area contributed by atoms with Crippen LogP contribution >= 0.6 is 0 Å². The number of hydrogen-bond acceptors (Lipinski definition) is 4. The molecule has 1 saturated carbocycles. The fraction of sp³-hybridized carbons (Fsp3) is 0.688. The van der Waals surface area contributed by atoms with Gasteiger partial charge in [0.25, 0.3) is 5.91 Å². The average molecular weight is 305 g/mol. The van der Waals surface area contributed by atoms with Crippen molar-refractivity contribution in [3.8, 4) is 0 Å². The van der Waals surface area contributed by atoms with Crippen molar-refractivity contribution in [2.45, 2.75) is 57.4 Å². The number of nitrogens with zero attached hydrogens (tertiary/aromatic N) is 1. The molecule has 2 N–H and O–H groups in total. The first kappa shape index (κ1) is 15.1. The van der Waals surface area contributed by atoms with Crippen molar-refractivity contribution in [1.29, 1.82) is 0 Å². The van der Waals surface area contributed by atoms with Crippen LogP contribution in [-0.4, -0.2) is 30.1 Å². The molecule has 0 atom stereocenters. The van der Waals surface area contributed by atoms with Crippen molar-refractivity contribution in [3.63, 3.8) is 0 Å². The zero-order valence-electron chi connectivity index (χ0n) is 13.0. The molecule has 0 aliphatic heterocycles. The van der Waals surface area contributed by atoms with Crippen LogP contribution in [0.1, 0.15) is 60.3 Å². The van der Waals surface area contributed by atoms with Crippen LogP contribution in [0.3, 0.4) is 0 Å². The third-order valence-electron chi connectivity index (χ3n) is 4.84. The van der Waals surface area contributed by atoms with Gasteiger partial charge in [0, 0.05) is 31.0 Å². The first-order chi connectivity index (χ1) is 10.7. The van der Waals surface area contributed by atoms with Gasteiger partial charge in [-0.1, -0.05) is 5.16 Å². The lowest BCUT2D eigenvalue weighted by Crippen LogP contribution is -2.40. The minimum atomic E-state index is -0.129. The molecule has 0 radical (unpaired) electrons. The van der Waals surface area contributed by atoms with Gasteiger partial charge in [0.15, 0.2) is 5.69 Å². The van der Waals surface area contributed by atoms with Crippen molar-refractivity contribution in [2.75, 3.05) is 7.05 Å². The van der Waals surface area contributed by atoms with Crippen molar-refractivity contribution in [1.82, 2.24) is 15.8 Å². The number of fused-ring (bicyclic) bond motifs is 1. The van der Waals surface area contributed by atoms with Crippen LogP contribution in [0.25, 0.3) is 0 Å². The molecule has 3 rings (SSSR count). The summed E-state index contributed by atoms with van der Waals surface area (Å²) in [5, 5.41) is 9.72. The third kappa shape index (κ3) is 3.00. The molecule has 2 amide bonds. The normalized spacial score (nSPS) is 24.4. The summed E-state index contributed by atoms with van der Waals surface area (Å²) in [5.41, 5.74) is 1.45. The van der Waals surface area contributed by atoms with Gasteiger partial charge in [-0.05, 0) is 44.9 Å². The molecular formula is C16H23N3O3. The lowest BCUT2D eigenvalue weighted by Gasteiger charge is -2.27. The second-order valence-corrected chi connectivity index (χ2v) is 6.28. The van der Waals surface area contributed by atoms with E-state index in [1.807, 2.05) is 0 Å². The Morgan fingerprint density at radius 3 is 2.59 bits per heavy atom. The topological polar surface area (TPSA) is 84.2 Å². The van der Waals surface area contributed by atoms with Crippen LogP contribution in [0.2, 0.25) is 0 Å². The van der Waals surface area contributed by atoms with E-state index in [4.69, 9.17) is 4.52 Å². The molecule has 1 aromatic heterocycles. The SMILES string of the molecule is CNC(=O)C1CCC(NC(=O)c2noc3c2CCCC3)CC1. The minimum Gasteiger partial charge on any atom is -0.360 e. The highest BCUT2D eigenvalue weighted by atomic mass is 16.5. The highest BCUT2D eigenvalue weighted by Crippen LogP contribution is 2.26. The van der Waals surface area contributed by atoms with E-state index in [1.54, 1.807) is 7.05 Å². The molecule has 6 nitrogen and oxygen atoms in total. The fourth-order valence-electron chi connectivity index (χ4n) is 3.52. The summed E-state index contributed by atoms with van der Waals surface area (Å²) in [6.07, 6.45) is 7.27. The van der Waals surface area contributed by atoms with Crippen LogP contribution in [0.4, 0.5) is 0 Å². The lowest BCUT2D eigenvalue weighted by molar-refractivity contribution is -0.125. The van der Waals surface area contributed by atoms with Gasteiger partial charge in [0.2, 0.25) is 5.91 Å². The van der Waals surface area contributed by atoms with Crippen molar-refractivity contribution in [2.24, 2.45) is 5.92 Å². The van der Waals surface area contributed by atoms with Crippen molar-refractivity contribution >= 4 is 11.8 Å². The van der Waals surface area contributed by atoms with E-state index < -0.39 is 0 Å². The van der Waals surface area contributed by atoms with Crippen LogP contribution < -0.4 is 10.6 Å². The summed E-state index contributed by atoms with van der Waals surface area (Å²) < 4.78 is 5.30. The average Bonchev–Trinajstić information content (AvgIpc) is 2.99. The Morgan fingerprint density at radius 1 is 1.14 bits per heavy atom. The van der Waals surface area contributed by atoms with Crippen molar-refractivity contribution in [3.05, 3.63) is 17.0 Å². The second-order valence-electron chi connectivity index (χ2n) is 6.28. The highest BCUT2D eigenvalue weighted by molar-refractivity contribution is 5.94. The van der Waals surface area contributed by atoms with Gasteiger partial charge >= 0.3 is 0 Å². The molecule has 6 heteroatoms. The zero-order valence-corrected chi connectivity index (χ0v) is 13.0. The molecule has 0 bridgehead atoms. The van der Waals surface area contributed by atoms with Gasteiger partial charge in [0.05, 0.1) is 0 Å². The van der Waals surface area contributed by atoms with E-state index in [-0.39, 0.29) is 23.8 Å². The summed E-state index contributed by atoms with van der Waals surface area (Å²) in [5.74, 6) is 0.934. The Labute approximate surface area is 130 Å². The van der Waals surface area contributed by atoms with E-state index in [1.165, 1.54) is 0 Å². The Morgan fingerprint density at radius 2 is 1.86 bits per heavy atom. The maximum absolute atomic E-state index is 12.4. The minimum absolute atomic E-state index is 0.0814. The van der Waals surface area contributed by atoms with E-state index in [2.05, 4.69) is 15.8 Å². The van der Waals surface area contributed by atoms with Crippen LogP contribution in [-0.2, 0) is 17.6 Å². The molecule has 1 heterocycles. The number of carbonyl (C=O) groups is 2. The second kappa shape index (κ2) is 6.50. The molecule has 22 heavy (non-hydrogen) atoms. The molecule has 0 aromatic carbocycles. The van der Waals surface area contributed by atoms with Gasteiger partial charge in [-0.25, -0.2) is 0 Å². The highest BCUT2D eigenvalue weighted by Gasteiger charge is 2.29. The number of rotatable bonds is 3. The summed E-state index contributed by atoms with van der Waals surface area (Å²) in [6.45, 7) is 0. The summed E-state index contributed by atoms with van der Waals surface area (Å²) >= 11 is 0. The van der Waals surface area contributed by atoms with Gasteiger partial charge in [-0.2, -0.15) is 0 Å². The molecule has 2 aliphatic rings. The number of carbonyl (C=O) groups excluding carboxylic acids is 2. The summed E-state index contributed by atoms with van der Waals surface area (Å²) in [4.78, 5) is 24.0. The maximum atomic E-state index is 12.4. The van der Waals surface area contributed by atoms with E-state index in [0.717, 1.165) is 62.7 Å². The molecule has 0 unspecified atom stereocenters. The van der Waals surface area contributed by atoms with E-state index >= 15 is 0 Å². The molecule has 1 aromatic rings. The quantitative estimate of drug-likeness (QED) is 0.888. The number of hydrogen-bond donors (Lipinski definition) is 2. The molecule has 0 spiro atoms. The number of nitrogens with one attached hydrogen (secondary N) is 2. The molecular weight excluding hydrogens is 282 g/mol. The Balaban J connectivity index is 1.57.